The minimum absolute atomic E-state index is 0.0460. The number of anilines is 3. The number of hydrogen-bond donors (Lipinski definition) is 3. The van der Waals surface area contributed by atoms with E-state index >= 15 is 0 Å². The summed E-state index contributed by atoms with van der Waals surface area (Å²) in [6, 6.07) is 8.65. The van der Waals surface area contributed by atoms with E-state index in [1.165, 1.54) is 0 Å². The number of likely N-dealkylation sites (N-methyl/N-ethyl adjacent to an activating group) is 1. The first-order valence-corrected chi connectivity index (χ1v) is 8.60. The van der Waals surface area contributed by atoms with Crippen molar-refractivity contribution >= 4 is 28.6 Å². The summed E-state index contributed by atoms with van der Waals surface area (Å²) in [5.74, 6) is -0.458. The zero-order valence-electron chi connectivity index (χ0n) is 15.2. The highest BCUT2D eigenvalue weighted by molar-refractivity contribution is 6.32. The summed E-state index contributed by atoms with van der Waals surface area (Å²) >= 11 is 0. The second kappa shape index (κ2) is 6.80. The molecule has 0 heterocycles. The lowest BCUT2D eigenvalue weighted by atomic mass is 9.81. The normalized spacial score (nSPS) is 12.8. The molecule has 0 spiro atoms. The number of ketones is 2. The number of nitrogens with two attached hydrogens (primary N) is 1. The molecule has 1 aliphatic carbocycles. The molecule has 0 saturated carbocycles. The van der Waals surface area contributed by atoms with Crippen molar-refractivity contribution in [3.63, 3.8) is 0 Å². The summed E-state index contributed by atoms with van der Waals surface area (Å²) in [6.45, 7) is 4.24. The Bertz CT molecular complexity index is 890. The van der Waals surface area contributed by atoms with E-state index in [0.717, 1.165) is 0 Å². The molecule has 6 nitrogen and oxygen atoms in total. The Labute approximate surface area is 152 Å². The topological polar surface area (TPSA) is 95.7 Å². The van der Waals surface area contributed by atoms with Gasteiger partial charge >= 0.3 is 0 Å². The number of aliphatic hydroxyl groups is 1. The van der Waals surface area contributed by atoms with Gasteiger partial charge in [0, 0.05) is 36.4 Å². The SMILES string of the molecule is CC(C)Nc1cc(N(C)CCO)c(N)c2c1C(=O)c1ccccc1C2=O. The third-order valence-corrected chi connectivity index (χ3v) is 4.51. The van der Waals surface area contributed by atoms with E-state index in [2.05, 4.69) is 5.32 Å². The van der Waals surface area contributed by atoms with Gasteiger partial charge in [-0.3, -0.25) is 9.59 Å². The first-order valence-electron chi connectivity index (χ1n) is 8.60. The van der Waals surface area contributed by atoms with Crippen LogP contribution < -0.4 is 16.0 Å². The van der Waals surface area contributed by atoms with Crippen molar-refractivity contribution in [1.29, 1.82) is 0 Å². The number of carbonyl (C=O) groups excluding carboxylic acids is 2. The molecule has 0 bridgehead atoms. The summed E-state index contributed by atoms with van der Waals surface area (Å²) in [4.78, 5) is 28.0. The Kier molecular flexibility index (Phi) is 4.70. The van der Waals surface area contributed by atoms with Gasteiger partial charge < -0.3 is 21.1 Å². The fourth-order valence-corrected chi connectivity index (χ4v) is 3.32. The van der Waals surface area contributed by atoms with Crippen LogP contribution in [0.1, 0.15) is 45.7 Å². The summed E-state index contributed by atoms with van der Waals surface area (Å²) in [6.07, 6.45) is 0. The Morgan fingerprint density at radius 3 is 2.23 bits per heavy atom. The lowest BCUT2D eigenvalue weighted by molar-refractivity contribution is 0.0980. The Morgan fingerprint density at radius 2 is 1.69 bits per heavy atom. The predicted octanol–water partition coefficient (Wildman–Crippen LogP) is 2.29. The van der Waals surface area contributed by atoms with Crippen LogP contribution in [0.5, 0.6) is 0 Å². The first kappa shape index (κ1) is 17.9. The lowest BCUT2D eigenvalue weighted by Crippen LogP contribution is -2.28. The third kappa shape index (κ3) is 2.82. The molecule has 6 heteroatoms. The molecule has 0 radical (unpaired) electrons. The minimum atomic E-state index is -0.251. The summed E-state index contributed by atoms with van der Waals surface area (Å²) < 4.78 is 0. The maximum atomic E-state index is 13.1. The monoisotopic (exact) mass is 353 g/mol. The van der Waals surface area contributed by atoms with E-state index in [4.69, 9.17) is 5.73 Å². The number of nitrogens with zero attached hydrogens (tertiary/aromatic N) is 1. The van der Waals surface area contributed by atoms with Crippen molar-refractivity contribution in [3.8, 4) is 0 Å². The van der Waals surface area contributed by atoms with E-state index in [-0.39, 0.29) is 35.5 Å². The second-order valence-corrected chi connectivity index (χ2v) is 6.75. The van der Waals surface area contributed by atoms with Crippen molar-refractivity contribution in [3.05, 3.63) is 52.6 Å². The fourth-order valence-electron chi connectivity index (χ4n) is 3.32. The molecule has 4 N–H and O–H groups in total. The largest absolute Gasteiger partial charge is 0.396 e. The zero-order valence-corrected chi connectivity index (χ0v) is 15.2. The van der Waals surface area contributed by atoms with Crippen molar-refractivity contribution in [2.24, 2.45) is 0 Å². The molecule has 1 aliphatic rings. The van der Waals surface area contributed by atoms with Crippen LogP contribution in [0.2, 0.25) is 0 Å². The highest BCUT2D eigenvalue weighted by atomic mass is 16.3. The molecule has 2 aromatic rings. The predicted molar refractivity (Wildman–Crippen MR) is 103 cm³/mol. The standard InChI is InChI=1S/C20H23N3O3/c1-11(2)22-14-10-15(23(3)8-9-24)18(21)17-16(14)19(25)12-6-4-5-7-13(12)20(17)26/h4-7,10-11,22,24H,8-9,21H2,1-3H3. The highest BCUT2D eigenvalue weighted by Gasteiger charge is 2.35. The second-order valence-electron chi connectivity index (χ2n) is 6.75. The Hall–Kier alpha value is -2.86. The van der Waals surface area contributed by atoms with Crippen LogP contribution in [0.25, 0.3) is 0 Å². The molecule has 0 amide bonds. The molecule has 0 fully saturated rings. The number of nitrogen functional groups attached to an aromatic ring is 1. The molecule has 0 unspecified atom stereocenters. The van der Waals surface area contributed by atoms with E-state index < -0.39 is 0 Å². The summed E-state index contributed by atoms with van der Waals surface area (Å²) in [5, 5.41) is 12.5. The first-order chi connectivity index (χ1) is 12.4. The summed E-state index contributed by atoms with van der Waals surface area (Å²) in [5.41, 5.74) is 9.10. The van der Waals surface area contributed by atoms with Crippen molar-refractivity contribution < 1.29 is 14.7 Å². The van der Waals surface area contributed by atoms with Gasteiger partial charge in [-0.05, 0) is 19.9 Å². The van der Waals surface area contributed by atoms with E-state index in [0.29, 0.717) is 34.6 Å². The number of rotatable bonds is 5. The molecular formula is C20H23N3O3. The van der Waals surface area contributed by atoms with E-state index in [1.54, 1.807) is 42.3 Å². The molecule has 0 atom stereocenters. The van der Waals surface area contributed by atoms with E-state index in [1.807, 2.05) is 13.8 Å². The maximum absolute atomic E-state index is 13.1. The average Bonchev–Trinajstić information content (AvgIpc) is 2.60. The highest BCUT2D eigenvalue weighted by Crippen LogP contribution is 2.40. The number of fused-ring (bicyclic) bond motifs is 2. The van der Waals surface area contributed by atoms with Gasteiger partial charge in [-0.2, -0.15) is 0 Å². The fraction of sp³-hybridized carbons (Fsp3) is 0.300. The van der Waals surface area contributed by atoms with Gasteiger partial charge in [0.1, 0.15) is 0 Å². The Balaban J connectivity index is 2.29. The molecule has 0 saturated heterocycles. The van der Waals surface area contributed by atoms with Gasteiger partial charge in [0.15, 0.2) is 11.6 Å². The van der Waals surface area contributed by atoms with Gasteiger partial charge in [0.2, 0.25) is 0 Å². The Morgan fingerprint density at radius 1 is 1.12 bits per heavy atom. The van der Waals surface area contributed by atoms with Crippen LogP contribution in [0.4, 0.5) is 17.1 Å². The van der Waals surface area contributed by atoms with Crippen molar-refractivity contribution in [1.82, 2.24) is 0 Å². The average molecular weight is 353 g/mol. The quantitative estimate of drug-likeness (QED) is 0.609. The molecule has 0 aliphatic heterocycles. The lowest BCUT2D eigenvalue weighted by Gasteiger charge is -2.28. The minimum Gasteiger partial charge on any atom is -0.396 e. The number of benzene rings is 2. The number of hydrogen-bond acceptors (Lipinski definition) is 6. The van der Waals surface area contributed by atoms with Crippen LogP contribution in [0.3, 0.4) is 0 Å². The number of nitrogens with one attached hydrogen (secondary N) is 1. The van der Waals surface area contributed by atoms with Crippen LogP contribution in [0, 0.1) is 0 Å². The molecular weight excluding hydrogens is 330 g/mol. The van der Waals surface area contributed by atoms with Gasteiger partial charge in [-0.25, -0.2) is 0 Å². The van der Waals surface area contributed by atoms with Crippen molar-refractivity contribution in [2.75, 3.05) is 36.1 Å². The molecule has 3 rings (SSSR count). The number of aliphatic hydroxyl groups excluding tert-OH is 1. The van der Waals surface area contributed by atoms with Gasteiger partial charge in [0.05, 0.1) is 29.1 Å². The van der Waals surface area contributed by atoms with Crippen LogP contribution in [-0.2, 0) is 0 Å². The molecule has 2 aromatic carbocycles. The van der Waals surface area contributed by atoms with Gasteiger partial charge in [0.25, 0.3) is 0 Å². The summed E-state index contributed by atoms with van der Waals surface area (Å²) in [7, 11) is 1.79. The smallest absolute Gasteiger partial charge is 0.196 e. The van der Waals surface area contributed by atoms with Gasteiger partial charge in [-0.15, -0.1) is 0 Å². The van der Waals surface area contributed by atoms with Crippen LogP contribution >= 0.6 is 0 Å². The van der Waals surface area contributed by atoms with Crippen LogP contribution in [0.15, 0.2) is 30.3 Å². The van der Waals surface area contributed by atoms with Crippen LogP contribution in [-0.4, -0.2) is 42.9 Å². The molecule has 26 heavy (non-hydrogen) atoms. The zero-order chi connectivity index (χ0) is 19.0. The maximum Gasteiger partial charge on any atom is 0.196 e. The molecule has 136 valence electrons. The number of carbonyl (C=O) groups is 2. The van der Waals surface area contributed by atoms with Crippen molar-refractivity contribution in [2.45, 2.75) is 19.9 Å². The molecule has 0 aromatic heterocycles. The van der Waals surface area contributed by atoms with E-state index in [9.17, 15) is 14.7 Å². The van der Waals surface area contributed by atoms with Gasteiger partial charge in [-0.1, -0.05) is 24.3 Å². The third-order valence-electron chi connectivity index (χ3n) is 4.51.